The molecule has 1 heterocycles. The number of thiophene rings is 1. The molecule has 2 aromatic carbocycles. The molecule has 0 unspecified atom stereocenters. The number of hydrazone groups is 1. The Kier molecular flexibility index (Phi) is 5.81. The highest BCUT2D eigenvalue weighted by Crippen LogP contribution is 2.22. The number of nitrogens with zero attached hydrogens (tertiary/aromatic N) is 1. The third kappa shape index (κ3) is 4.41. The number of anilines is 1. The van der Waals surface area contributed by atoms with E-state index in [-0.39, 0.29) is 15.5 Å². The van der Waals surface area contributed by atoms with E-state index in [1.807, 2.05) is 0 Å². The number of amides is 1. The van der Waals surface area contributed by atoms with E-state index >= 15 is 0 Å². The van der Waals surface area contributed by atoms with E-state index in [2.05, 4.69) is 15.2 Å². The van der Waals surface area contributed by atoms with Crippen LogP contribution >= 0.6 is 11.3 Å². The van der Waals surface area contributed by atoms with Crippen molar-refractivity contribution < 1.29 is 22.0 Å². The highest BCUT2D eigenvalue weighted by Gasteiger charge is 2.19. The van der Waals surface area contributed by atoms with Crippen LogP contribution in [0.25, 0.3) is 0 Å². The van der Waals surface area contributed by atoms with Crippen LogP contribution < -0.4 is 10.1 Å². The van der Waals surface area contributed by atoms with Crippen LogP contribution in [-0.2, 0) is 10.0 Å². The van der Waals surface area contributed by atoms with Gasteiger partial charge in [0.15, 0.2) is 0 Å². The molecular formula is C18H13F2N3O3S2. The predicted octanol–water partition coefficient (Wildman–Crippen LogP) is 3.59. The smallest absolute Gasteiger partial charge is 0.273 e. The molecule has 2 N–H and O–H groups in total. The van der Waals surface area contributed by atoms with Crippen molar-refractivity contribution in [2.45, 2.75) is 4.21 Å². The second kappa shape index (κ2) is 8.28. The Morgan fingerprint density at radius 1 is 1.00 bits per heavy atom. The van der Waals surface area contributed by atoms with E-state index in [9.17, 15) is 22.0 Å². The van der Waals surface area contributed by atoms with Gasteiger partial charge in [-0.05, 0) is 35.7 Å². The minimum absolute atomic E-state index is 0.00575. The lowest BCUT2D eigenvalue weighted by molar-refractivity contribution is 0.0956. The van der Waals surface area contributed by atoms with Gasteiger partial charge >= 0.3 is 0 Å². The maximum absolute atomic E-state index is 13.6. The highest BCUT2D eigenvalue weighted by atomic mass is 32.2. The van der Waals surface area contributed by atoms with E-state index in [4.69, 9.17) is 0 Å². The summed E-state index contributed by atoms with van der Waals surface area (Å²) in [5.41, 5.74) is 1.76. The van der Waals surface area contributed by atoms with Gasteiger partial charge in [0.05, 0.1) is 23.0 Å². The first-order valence-electron chi connectivity index (χ1n) is 7.81. The van der Waals surface area contributed by atoms with Crippen molar-refractivity contribution in [3.05, 3.63) is 82.7 Å². The average molecular weight is 421 g/mol. The van der Waals surface area contributed by atoms with Crippen molar-refractivity contribution in [1.29, 1.82) is 0 Å². The summed E-state index contributed by atoms with van der Waals surface area (Å²) in [6.07, 6.45) is 0.834. The van der Waals surface area contributed by atoms with Gasteiger partial charge in [-0.15, -0.1) is 11.3 Å². The molecule has 1 aromatic heterocycles. The number of hydrogen-bond acceptors (Lipinski definition) is 5. The first-order chi connectivity index (χ1) is 13.4. The van der Waals surface area contributed by atoms with Crippen LogP contribution in [0.2, 0.25) is 0 Å². The monoisotopic (exact) mass is 421 g/mol. The molecule has 0 bridgehead atoms. The summed E-state index contributed by atoms with van der Waals surface area (Å²) < 4.78 is 54.3. The number of halogens is 2. The fourth-order valence-corrected chi connectivity index (χ4v) is 4.30. The van der Waals surface area contributed by atoms with Gasteiger partial charge in [-0.2, -0.15) is 5.10 Å². The molecule has 0 saturated heterocycles. The Morgan fingerprint density at radius 2 is 1.71 bits per heavy atom. The van der Waals surface area contributed by atoms with Gasteiger partial charge in [0.1, 0.15) is 15.8 Å². The molecule has 1 amide bonds. The molecule has 28 heavy (non-hydrogen) atoms. The maximum atomic E-state index is 13.6. The van der Waals surface area contributed by atoms with Gasteiger partial charge in [-0.3, -0.25) is 9.52 Å². The van der Waals surface area contributed by atoms with Gasteiger partial charge in [-0.1, -0.05) is 24.3 Å². The quantitative estimate of drug-likeness (QED) is 0.471. The van der Waals surface area contributed by atoms with Crippen LogP contribution in [0.1, 0.15) is 15.9 Å². The summed E-state index contributed by atoms with van der Waals surface area (Å²) in [5.74, 6) is -2.42. The molecule has 6 nitrogen and oxygen atoms in total. The first kappa shape index (κ1) is 19.6. The van der Waals surface area contributed by atoms with Crippen molar-refractivity contribution in [1.82, 2.24) is 5.43 Å². The number of para-hydroxylation sites is 1. The van der Waals surface area contributed by atoms with E-state index in [0.29, 0.717) is 0 Å². The molecule has 3 rings (SSSR count). The van der Waals surface area contributed by atoms with Crippen molar-refractivity contribution >= 4 is 39.2 Å². The van der Waals surface area contributed by atoms with Crippen LogP contribution in [0.15, 0.2) is 69.3 Å². The molecule has 0 atom stereocenters. The van der Waals surface area contributed by atoms with Crippen molar-refractivity contribution in [2.75, 3.05) is 4.72 Å². The van der Waals surface area contributed by atoms with Crippen LogP contribution in [0.4, 0.5) is 14.5 Å². The summed E-state index contributed by atoms with van der Waals surface area (Å²) in [7, 11) is -3.85. The van der Waals surface area contributed by atoms with Crippen LogP contribution in [0.3, 0.4) is 0 Å². The van der Waals surface area contributed by atoms with E-state index in [0.717, 1.165) is 29.7 Å². The molecule has 0 spiro atoms. The number of hydrogen-bond donors (Lipinski definition) is 2. The van der Waals surface area contributed by atoms with E-state index < -0.39 is 33.1 Å². The van der Waals surface area contributed by atoms with E-state index in [1.165, 1.54) is 30.3 Å². The number of rotatable bonds is 6. The van der Waals surface area contributed by atoms with Gasteiger partial charge in [0.2, 0.25) is 0 Å². The van der Waals surface area contributed by atoms with Gasteiger partial charge in [0.25, 0.3) is 15.9 Å². The lowest BCUT2D eigenvalue weighted by atomic mass is 10.2. The molecule has 0 aliphatic carbocycles. The third-order valence-electron chi connectivity index (χ3n) is 3.54. The largest absolute Gasteiger partial charge is 0.278 e. The molecule has 0 fully saturated rings. The second-order valence-electron chi connectivity index (χ2n) is 5.42. The first-order valence-corrected chi connectivity index (χ1v) is 10.2. The second-order valence-corrected chi connectivity index (χ2v) is 8.27. The summed E-state index contributed by atoms with van der Waals surface area (Å²) in [6.45, 7) is 0. The minimum Gasteiger partial charge on any atom is -0.278 e. The Bertz CT molecular complexity index is 1110. The summed E-state index contributed by atoms with van der Waals surface area (Å²) in [6, 6.07) is 12.2. The molecule has 3 aromatic rings. The van der Waals surface area contributed by atoms with Gasteiger partial charge < -0.3 is 0 Å². The highest BCUT2D eigenvalue weighted by molar-refractivity contribution is 7.94. The van der Waals surface area contributed by atoms with Crippen molar-refractivity contribution in [3.63, 3.8) is 0 Å². The molecule has 144 valence electrons. The lowest BCUT2D eigenvalue weighted by Crippen LogP contribution is -2.21. The normalized spacial score (nSPS) is 11.5. The zero-order valence-electron chi connectivity index (χ0n) is 14.1. The van der Waals surface area contributed by atoms with Gasteiger partial charge in [0, 0.05) is 0 Å². The van der Waals surface area contributed by atoms with E-state index in [1.54, 1.807) is 17.5 Å². The molecule has 10 heteroatoms. The number of carbonyl (C=O) groups excluding carboxylic acids is 1. The Balaban J connectivity index is 1.79. The third-order valence-corrected chi connectivity index (χ3v) is 6.30. The maximum Gasteiger partial charge on any atom is 0.273 e. The number of benzene rings is 2. The fraction of sp³-hybridized carbons (Fsp3) is 0. The molecule has 0 aliphatic heterocycles. The Hall–Kier alpha value is -3.11. The molecular weight excluding hydrogens is 408 g/mol. The van der Waals surface area contributed by atoms with Crippen LogP contribution in [-0.4, -0.2) is 20.5 Å². The fourth-order valence-electron chi connectivity index (χ4n) is 2.23. The molecule has 0 radical (unpaired) electrons. The minimum atomic E-state index is -3.85. The topological polar surface area (TPSA) is 87.6 Å². The molecule has 0 aliphatic rings. The number of nitrogens with one attached hydrogen (secondary N) is 2. The Morgan fingerprint density at radius 3 is 2.39 bits per heavy atom. The SMILES string of the molecule is O=C(N/N=C\c1c(F)cccc1F)c1ccccc1NS(=O)(=O)c1cccs1. The summed E-state index contributed by atoms with van der Waals surface area (Å²) in [5, 5.41) is 5.16. The molecule has 0 saturated carbocycles. The number of sulfonamides is 1. The summed E-state index contributed by atoms with van der Waals surface area (Å²) in [4.78, 5) is 12.4. The zero-order chi connectivity index (χ0) is 20.1. The number of carbonyl (C=O) groups is 1. The van der Waals surface area contributed by atoms with Gasteiger partial charge in [-0.25, -0.2) is 22.6 Å². The lowest BCUT2D eigenvalue weighted by Gasteiger charge is -2.10. The van der Waals surface area contributed by atoms with Crippen LogP contribution in [0.5, 0.6) is 0 Å². The predicted molar refractivity (Wildman–Crippen MR) is 103 cm³/mol. The average Bonchev–Trinajstić information content (AvgIpc) is 3.20. The summed E-state index contributed by atoms with van der Waals surface area (Å²) >= 11 is 1.03. The van der Waals surface area contributed by atoms with Crippen LogP contribution in [0, 0.1) is 11.6 Å². The van der Waals surface area contributed by atoms with Crippen molar-refractivity contribution in [2.24, 2.45) is 5.10 Å². The zero-order valence-corrected chi connectivity index (χ0v) is 15.7. The standard InChI is InChI=1S/C18H13F2N3O3S2/c19-14-6-3-7-15(20)13(14)11-21-22-18(24)12-5-1-2-8-16(12)23-28(25,26)17-9-4-10-27-17/h1-11,23H,(H,22,24)/b21-11-. The Labute approximate surface area is 163 Å². The van der Waals surface area contributed by atoms with Crippen molar-refractivity contribution in [3.8, 4) is 0 Å².